The van der Waals surface area contributed by atoms with Crippen molar-refractivity contribution in [2.24, 2.45) is 5.92 Å². The number of rotatable bonds is 7. The predicted octanol–water partition coefficient (Wildman–Crippen LogP) is 3.82. The minimum atomic E-state index is -0.342. The summed E-state index contributed by atoms with van der Waals surface area (Å²) in [5.74, 6) is -0.00148. The Balaban J connectivity index is 2.04. The summed E-state index contributed by atoms with van der Waals surface area (Å²) in [4.78, 5) is 26.6. The highest BCUT2D eigenvalue weighted by Gasteiger charge is 2.28. The molecule has 0 aromatic heterocycles. The van der Waals surface area contributed by atoms with E-state index in [1.807, 2.05) is 42.2 Å². The topological polar surface area (TPSA) is 55.8 Å². The molecule has 1 aliphatic carbocycles. The van der Waals surface area contributed by atoms with E-state index in [0.29, 0.717) is 12.3 Å². The molecule has 26 heavy (non-hydrogen) atoms. The standard InChI is InChI=1S/C21H31NO4/c1-17(21(24)25-2)15-22(18-11-7-4-3-5-8-12-18)20(23)16-26-19-13-9-6-10-14-19/h6,9-10,13-14,17-18H,3-5,7-8,11-12,15-16H2,1-2H3. The number of ether oxygens (including phenoxy) is 2. The Kier molecular flexibility index (Phi) is 8.45. The number of amides is 1. The molecule has 0 radical (unpaired) electrons. The van der Waals surface area contributed by atoms with Crippen LogP contribution < -0.4 is 4.74 Å². The molecule has 0 bridgehead atoms. The number of hydrogen-bond acceptors (Lipinski definition) is 4. The molecule has 0 spiro atoms. The van der Waals surface area contributed by atoms with Crippen LogP contribution >= 0.6 is 0 Å². The second-order valence-electron chi connectivity index (χ2n) is 7.07. The molecule has 1 aromatic carbocycles. The number of nitrogens with zero attached hydrogens (tertiary/aromatic N) is 1. The van der Waals surface area contributed by atoms with E-state index in [1.54, 1.807) is 0 Å². The van der Waals surface area contributed by atoms with E-state index in [2.05, 4.69) is 0 Å². The van der Waals surface area contributed by atoms with Crippen molar-refractivity contribution in [3.8, 4) is 5.75 Å². The van der Waals surface area contributed by atoms with E-state index in [9.17, 15) is 9.59 Å². The van der Waals surface area contributed by atoms with Gasteiger partial charge in [0.05, 0.1) is 13.0 Å². The first-order valence-electron chi connectivity index (χ1n) is 9.67. The van der Waals surface area contributed by atoms with Gasteiger partial charge in [0.15, 0.2) is 6.61 Å². The van der Waals surface area contributed by atoms with Gasteiger partial charge in [-0.15, -0.1) is 0 Å². The van der Waals surface area contributed by atoms with E-state index < -0.39 is 0 Å². The minimum Gasteiger partial charge on any atom is -0.484 e. The first kappa shape index (κ1) is 20.3. The number of benzene rings is 1. The van der Waals surface area contributed by atoms with Gasteiger partial charge in [-0.3, -0.25) is 9.59 Å². The van der Waals surface area contributed by atoms with E-state index >= 15 is 0 Å². The third-order valence-electron chi connectivity index (χ3n) is 5.02. The zero-order chi connectivity index (χ0) is 18.8. The average Bonchev–Trinajstić information content (AvgIpc) is 2.64. The summed E-state index contributed by atoms with van der Waals surface area (Å²) in [6.07, 6.45) is 7.94. The van der Waals surface area contributed by atoms with Gasteiger partial charge in [0, 0.05) is 12.6 Å². The molecule has 5 nitrogen and oxygen atoms in total. The highest BCUT2D eigenvalue weighted by Crippen LogP contribution is 2.23. The highest BCUT2D eigenvalue weighted by molar-refractivity contribution is 5.79. The van der Waals surface area contributed by atoms with E-state index in [1.165, 1.54) is 26.4 Å². The van der Waals surface area contributed by atoms with Gasteiger partial charge in [0.1, 0.15) is 5.75 Å². The molecule has 0 aliphatic heterocycles. The second-order valence-corrected chi connectivity index (χ2v) is 7.07. The summed E-state index contributed by atoms with van der Waals surface area (Å²) in [6.45, 7) is 2.19. The largest absolute Gasteiger partial charge is 0.484 e. The van der Waals surface area contributed by atoms with Crippen molar-refractivity contribution in [1.82, 2.24) is 4.90 Å². The Morgan fingerprint density at radius 2 is 1.69 bits per heavy atom. The lowest BCUT2D eigenvalue weighted by atomic mass is 9.94. The number of esters is 1. The maximum atomic E-state index is 12.9. The minimum absolute atomic E-state index is 0.00555. The molecule has 1 aromatic rings. The SMILES string of the molecule is COC(=O)C(C)CN(C(=O)COc1ccccc1)C1CCCCCCC1. The molecule has 1 saturated carbocycles. The first-order valence-corrected chi connectivity index (χ1v) is 9.67. The lowest BCUT2D eigenvalue weighted by Crippen LogP contribution is -2.46. The molecular weight excluding hydrogens is 330 g/mol. The van der Waals surface area contributed by atoms with Crippen LogP contribution in [0, 0.1) is 5.92 Å². The molecule has 5 heteroatoms. The van der Waals surface area contributed by atoms with Crippen LogP contribution in [-0.4, -0.2) is 43.1 Å². The molecule has 1 unspecified atom stereocenters. The van der Waals surface area contributed by atoms with Gasteiger partial charge in [-0.05, 0) is 25.0 Å². The molecule has 1 fully saturated rings. The molecule has 0 heterocycles. The van der Waals surface area contributed by atoms with Gasteiger partial charge in [-0.1, -0.05) is 57.2 Å². The van der Waals surface area contributed by atoms with Crippen molar-refractivity contribution in [2.75, 3.05) is 20.3 Å². The fraction of sp³-hybridized carbons (Fsp3) is 0.619. The Morgan fingerprint density at radius 3 is 2.31 bits per heavy atom. The maximum Gasteiger partial charge on any atom is 0.310 e. The fourth-order valence-corrected chi connectivity index (χ4v) is 3.52. The van der Waals surface area contributed by atoms with Gasteiger partial charge >= 0.3 is 5.97 Å². The molecule has 0 N–H and O–H groups in total. The van der Waals surface area contributed by atoms with Crippen LogP contribution in [0.4, 0.5) is 0 Å². The lowest BCUT2D eigenvalue weighted by molar-refractivity contribution is -0.147. The quantitative estimate of drug-likeness (QED) is 0.693. The molecule has 1 aliphatic rings. The first-order chi connectivity index (χ1) is 12.6. The molecule has 0 saturated heterocycles. The molecule has 1 atom stereocenters. The number of carbonyl (C=O) groups is 2. The Labute approximate surface area is 156 Å². The molecular formula is C21H31NO4. The zero-order valence-corrected chi connectivity index (χ0v) is 16.0. The van der Waals surface area contributed by atoms with Crippen LogP contribution in [0.2, 0.25) is 0 Å². The smallest absolute Gasteiger partial charge is 0.310 e. The Hall–Kier alpha value is -2.04. The van der Waals surface area contributed by atoms with Gasteiger partial charge in [-0.2, -0.15) is 0 Å². The second kappa shape index (κ2) is 10.8. The summed E-state index contributed by atoms with van der Waals surface area (Å²) in [7, 11) is 1.39. The monoisotopic (exact) mass is 361 g/mol. The summed E-state index contributed by atoms with van der Waals surface area (Å²) in [5, 5.41) is 0. The van der Waals surface area contributed by atoms with Gasteiger partial charge in [-0.25, -0.2) is 0 Å². The van der Waals surface area contributed by atoms with E-state index in [4.69, 9.17) is 9.47 Å². The predicted molar refractivity (Wildman–Crippen MR) is 101 cm³/mol. The van der Waals surface area contributed by atoms with E-state index in [0.717, 1.165) is 25.7 Å². The Morgan fingerprint density at radius 1 is 1.08 bits per heavy atom. The third-order valence-corrected chi connectivity index (χ3v) is 5.02. The van der Waals surface area contributed by atoms with Crippen molar-refractivity contribution >= 4 is 11.9 Å². The maximum absolute atomic E-state index is 12.9. The lowest BCUT2D eigenvalue weighted by Gasteiger charge is -2.34. The number of hydrogen-bond donors (Lipinski definition) is 0. The van der Waals surface area contributed by atoms with Gasteiger partial charge < -0.3 is 14.4 Å². The number of carbonyl (C=O) groups excluding carboxylic acids is 2. The summed E-state index contributed by atoms with van der Waals surface area (Å²) >= 11 is 0. The van der Waals surface area contributed by atoms with Crippen LogP contribution in [0.1, 0.15) is 51.9 Å². The van der Waals surface area contributed by atoms with Crippen LogP contribution in [0.5, 0.6) is 5.75 Å². The van der Waals surface area contributed by atoms with E-state index in [-0.39, 0.29) is 30.4 Å². The van der Waals surface area contributed by atoms with Gasteiger partial charge in [0.2, 0.25) is 0 Å². The fourth-order valence-electron chi connectivity index (χ4n) is 3.52. The Bertz CT molecular complexity index is 552. The number of methoxy groups -OCH3 is 1. The van der Waals surface area contributed by atoms with Crippen LogP contribution in [0.15, 0.2) is 30.3 Å². The van der Waals surface area contributed by atoms with Crippen molar-refractivity contribution in [2.45, 2.75) is 57.9 Å². The van der Waals surface area contributed by atoms with Crippen LogP contribution in [0.3, 0.4) is 0 Å². The molecule has 144 valence electrons. The van der Waals surface area contributed by atoms with Gasteiger partial charge in [0.25, 0.3) is 5.91 Å². The third kappa shape index (κ3) is 6.36. The normalized spacial score (nSPS) is 16.8. The highest BCUT2D eigenvalue weighted by atomic mass is 16.5. The summed E-state index contributed by atoms with van der Waals surface area (Å²) in [6, 6.07) is 9.52. The van der Waals surface area contributed by atoms with Crippen LogP contribution in [-0.2, 0) is 14.3 Å². The van der Waals surface area contributed by atoms with Crippen molar-refractivity contribution < 1.29 is 19.1 Å². The van der Waals surface area contributed by atoms with Crippen LogP contribution in [0.25, 0.3) is 0 Å². The number of para-hydroxylation sites is 1. The molecule has 1 amide bonds. The summed E-state index contributed by atoms with van der Waals surface area (Å²) in [5.41, 5.74) is 0. The summed E-state index contributed by atoms with van der Waals surface area (Å²) < 4.78 is 10.5. The average molecular weight is 361 g/mol. The molecule has 2 rings (SSSR count). The van der Waals surface area contributed by atoms with Crippen molar-refractivity contribution in [3.05, 3.63) is 30.3 Å². The van der Waals surface area contributed by atoms with Crippen molar-refractivity contribution in [1.29, 1.82) is 0 Å². The zero-order valence-electron chi connectivity index (χ0n) is 16.0. The van der Waals surface area contributed by atoms with Crippen molar-refractivity contribution in [3.63, 3.8) is 0 Å².